The summed E-state index contributed by atoms with van der Waals surface area (Å²) in [5.41, 5.74) is 2.89. The lowest BCUT2D eigenvalue weighted by Crippen LogP contribution is -2.44. The first-order valence-electron chi connectivity index (χ1n) is 13.9. The predicted molar refractivity (Wildman–Crippen MR) is 163 cm³/mol. The Balaban J connectivity index is 1.43. The van der Waals surface area contributed by atoms with Crippen molar-refractivity contribution in [1.29, 1.82) is 0 Å². The largest absolute Gasteiger partial charge is 0.456 e. The van der Waals surface area contributed by atoms with Crippen LogP contribution >= 0.6 is 0 Å². The highest BCUT2D eigenvalue weighted by molar-refractivity contribution is 6.43. The number of anilines is 2. The van der Waals surface area contributed by atoms with Gasteiger partial charge in [0.15, 0.2) is 0 Å². The molecule has 11 heteroatoms. The van der Waals surface area contributed by atoms with Gasteiger partial charge in [0.05, 0.1) is 5.56 Å². The standard InChI is InChI=1S/C34H16N6O5/c41-31-19-8-9-20-29-28(19)22(33(43)39(31)25-10-12-35-15-37-25)14-21(30(29)34(44)40(32(20)42)26-11-13-36-16-38-26)17-5-3-7-24-27(17)18-4-1-2-6-23(18)45-24/h1-16H. The Labute approximate surface area is 252 Å². The Hall–Kier alpha value is -6.62. The van der Waals surface area contributed by atoms with Crippen LogP contribution < -0.4 is 9.80 Å². The zero-order chi connectivity index (χ0) is 30.4. The lowest BCUT2D eigenvalue weighted by Gasteiger charge is -2.32. The van der Waals surface area contributed by atoms with Gasteiger partial charge in [-0.15, -0.1) is 0 Å². The smallest absolute Gasteiger partial charge is 0.267 e. The number of hydrogen-bond acceptors (Lipinski definition) is 9. The number of fused-ring (bicyclic) bond motifs is 3. The zero-order valence-corrected chi connectivity index (χ0v) is 23.0. The van der Waals surface area contributed by atoms with Crippen LogP contribution in [0.1, 0.15) is 41.4 Å². The Morgan fingerprint density at radius 2 is 1.13 bits per heavy atom. The number of carbonyl (C=O) groups excluding carboxylic acids is 4. The molecule has 0 saturated heterocycles. The second-order valence-corrected chi connectivity index (χ2v) is 10.6. The van der Waals surface area contributed by atoms with Crippen LogP contribution in [0.5, 0.6) is 0 Å². The second-order valence-electron chi connectivity index (χ2n) is 10.6. The molecule has 0 saturated carbocycles. The average molecular weight is 589 g/mol. The van der Waals surface area contributed by atoms with E-state index in [0.717, 1.165) is 20.6 Å². The van der Waals surface area contributed by atoms with Gasteiger partial charge >= 0.3 is 0 Å². The summed E-state index contributed by atoms with van der Waals surface area (Å²) in [6, 6.07) is 20.6. The molecule has 0 unspecified atom stereocenters. The minimum atomic E-state index is -0.646. The highest BCUT2D eigenvalue weighted by Gasteiger charge is 2.43. The number of hydrogen-bond donors (Lipinski definition) is 0. The van der Waals surface area contributed by atoms with Gasteiger partial charge in [-0.25, -0.2) is 29.7 Å². The molecule has 0 fully saturated rings. The van der Waals surface area contributed by atoms with Crippen LogP contribution in [0.2, 0.25) is 0 Å². The first kappa shape index (κ1) is 24.9. The van der Waals surface area contributed by atoms with Crippen LogP contribution in [-0.2, 0) is 0 Å². The van der Waals surface area contributed by atoms with Gasteiger partial charge in [0, 0.05) is 50.6 Å². The van der Waals surface area contributed by atoms with E-state index in [1.165, 1.54) is 49.3 Å². The Morgan fingerprint density at radius 1 is 0.511 bits per heavy atom. The molecule has 7 aromatic rings. The van der Waals surface area contributed by atoms with Crippen molar-refractivity contribution in [3.8, 4) is 11.1 Å². The van der Waals surface area contributed by atoms with Gasteiger partial charge < -0.3 is 4.42 Å². The Bertz CT molecular complexity index is 2480. The maximum absolute atomic E-state index is 14.5. The minimum absolute atomic E-state index is 0.0963. The molecule has 0 bridgehead atoms. The molecular formula is C34H16N6O5. The topological polar surface area (TPSA) is 139 Å². The number of nitrogens with zero attached hydrogens (tertiary/aromatic N) is 6. The number of furan rings is 1. The van der Waals surface area contributed by atoms with E-state index in [2.05, 4.69) is 19.9 Å². The third kappa shape index (κ3) is 3.28. The highest BCUT2D eigenvalue weighted by Crippen LogP contribution is 2.46. The summed E-state index contributed by atoms with van der Waals surface area (Å²) < 4.78 is 6.14. The number of carbonyl (C=O) groups is 4. The molecule has 4 aromatic carbocycles. The first-order valence-corrected chi connectivity index (χ1v) is 13.9. The summed E-state index contributed by atoms with van der Waals surface area (Å²) in [5, 5.41) is 2.02. The zero-order valence-electron chi connectivity index (χ0n) is 23.0. The third-order valence-electron chi connectivity index (χ3n) is 8.28. The van der Waals surface area contributed by atoms with Crippen molar-refractivity contribution in [1.82, 2.24) is 19.9 Å². The first-order chi connectivity index (χ1) is 22.0. The van der Waals surface area contributed by atoms with E-state index in [4.69, 9.17) is 4.42 Å². The number of rotatable bonds is 3. The van der Waals surface area contributed by atoms with Gasteiger partial charge in [-0.1, -0.05) is 30.3 Å². The molecule has 11 nitrogen and oxygen atoms in total. The molecule has 9 rings (SSSR count). The predicted octanol–water partition coefficient (Wildman–Crippen LogP) is 5.59. The Morgan fingerprint density at radius 3 is 1.82 bits per heavy atom. The molecule has 0 radical (unpaired) electrons. The third-order valence-corrected chi connectivity index (χ3v) is 8.28. The summed E-state index contributed by atoms with van der Waals surface area (Å²) >= 11 is 0. The highest BCUT2D eigenvalue weighted by atomic mass is 16.3. The summed E-state index contributed by atoms with van der Waals surface area (Å²) in [6.45, 7) is 0. The van der Waals surface area contributed by atoms with Crippen LogP contribution in [0.15, 0.2) is 102 Å². The fourth-order valence-corrected chi connectivity index (χ4v) is 6.43. The molecule has 2 aliphatic heterocycles. The van der Waals surface area contributed by atoms with Crippen molar-refractivity contribution < 1.29 is 23.6 Å². The van der Waals surface area contributed by atoms with Crippen molar-refractivity contribution in [3.63, 3.8) is 0 Å². The molecule has 212 valence electrons. The maximum Gasteiger partial charge on any atom is 0.267 e. The van der Waals surface area contributed by atoms with E-state index < -0.39 is 23.6 Å². The monoisotopic (exact) mass is 588 g/mol. The lowest BCUT2D eigenvalue weighted by atomic mass is 9.81. The van der Waals surface area contributed by atoms with Crippen molar-refractivity contribution in [3.05, 3.63) is 120 Å². The van der Waals surface area contributed by atoms with Gasteiger partial charge in [-0.2, -0.15) is 0 Å². The van der Waals surface area contributed by atoms with Crippen LogP contribution in [0.3, 0.4) is 0 Å². The molecule has 0 spiro atoms. The molecule has 4 amide bonds. The van der Waals surface area contributed by atoms with Gasteiger partial charge in [0.2, 0.25) is 0 Å². The van der Waals surface area contributed by atoms with Crippen molar-refractivity contribution in [2.45, 2.75) is 0 Å². The van der Waals surface area contributed by atoms with Crippen LogP contribution in [0.4, 0.5) is 11.6 Å². The van der Waals surface area contributed by atoms with Crippen LogP contribution in [0.25, 0.3) is 43.8 Å². The normalized spacial score (nSPS) is 14.3. The summed E-state index contributed by atoms with van der Waals surface area (Å²) in [7, 11) is 0. The molecule has 45 heavy (non-hydrogen) atoms. The Kier molecular flexibility index (Phi) is 4.95. The summed E-state index contributed by atoms with van der Waals surface area (Å²) in [4.78, 5) is 74.8. The molecule has 5 heterocycles. The van der Waals surface area contributed by atoms with E-state index in [1.807, 2.05) is 36.4 Å². The molecule has 0 N–H and O–H groups in total. The quantitative estimate of drug-likeness (QED) is 0.242. The molecule has 0 atom stereocenters. The second kappa shape index (κ2) is 8.94. The molecular weight excluding hydrogens is 572 g/mol. The average Bonchev–Trinajstić information content (AvgIpc) is 3.46. The van der Waals surface area contributed by atoms with Crippen molar-refractivity contribution >= 4 is 68.0 Å². The van der Waals surface area contributed by atoms with Gasteiger partial charge in [-0.05, 0) is 53.6 Å². The van der Waals surface area contributed by atoms with Crippen LogP contribution in [-0.4, -0.2) is 43.6 Å². The van der Waals surface area contributed by atoms with Gasteiger partial charge in [0.1, 0.15) is 35.5 Å². The fraction of sp³-hybridized carbons (Fsp3) is 0. The van der Waals surface area contributed by atoms with Crippen LogP contribution in [0, 0.1) is 0 Å². The maximum atomic E-state index is 14.5. The van der Waals surface area contributed by atoms with Gasteiger partial charge in [0.25, 0.3) is 23.6 Å². The summed E-state index contributed by atoms with van der Waals surface area (Å²) in [6.07, 6.45) is 5.38. The molecule has 2 aliphatic rings. The molecule has 0 aliphatic carbocycles. The minimum Gasteiger partial charge on any atom is -0.456 e. The summed E-state index contributed by atoms with van der Waals surface area (Å²) in [5.74, 6) is -2.35. The van der Waals surface area contributed by atoms with E-state index >= 15 is 0 Å². The van der Waals surface area contributed by atoms with E-state index in [9.17, 15) is 19.2 Å². The number of aromatic nitrogens is 4. The molecule has 3 aromatic heterocycles. The number of amides is 4. The van der Waals surface area contributed by atoms with E-state index in [0.29, 0.717) is 22.3 Å². The van der Waals surface area contributed by atoms with E-state index in [-0.39, 0.29) is 44.7 Å². The van der Waals surface area contributed by atoms with Gasteiger partial charge in [-0.3, -0.25) is 19.2 Å². The van der Waals surface area contributed by atoms with Crippen molar-refractivity contribution in [2.75, 3.05) is 9.80 Å². The number of imide groups is 2. The number of para-hydroxylation sites is 1. The van der Waals surface area contributed by atoms with Crippen molar-refractivity contribution in [2.24, 2.45) is 0 Å². The SMILES string of the molecule is O=C1c2ccc3c4c(c(-c5cccc6oc7ccccc7c56)cc(c24)C(=O)N1c1ccncn1)C(=O)N(c1ccncn1)C3=O. The fourth-order valence-electron chi connectivity index (χ4n) is 6.43. The van der Waals surface area contributed by atoms with E-state index in [1.54, 1.807) is 12.1 Å². The number of benzene rings is 4. The lowest BCUT2D eigenvalue weighted by molar-refractivity contribution is 0.0872.